The van der Waals surface area contributed by atoms with Crippen LogP contribution >= 0.6 is 0 Å². The van der Waals surface area contributed by atoms with Crippen LogP contribution < -0.4 is 0 Å². The fourth-order valence-electron chi connectivity index (χ4n) is 4.55. The first-order valence-electron chi connectivity index (χ1n) is 10.4. The van der Waals surface area contributed by atoms with Crippen molar-refractivity contribution in [2.24, 2.45) is 0 Å². The summed E-state index contributed by atoms with van der Waals surface area (Å²) < 4.78 is 12.1. The van der Waals surface area contributed by atoms with Gasteiger partial charge in [0.05, 0.1) is 11.4 Å². The lowest BCUT2D eigenvalue weighted by molar-refractivity contribution is 0.668. The Balaban J connectivity index is 1.49. The molecule has 0 aliphatic rings. The van der Waals surface area contributed by atoms with Crippen LogP contribution in [0.25, 0.3) is 66.4 Å². The Morgan fingerprint density at radius 3 is 1.47 bits per heavy atom. The highest BCUT2D eigenvalue weighted by Gasteiger charge is 2.17. The molecule has 0 fully saturated rings. The maximum Gasteiger partial charge on any atom is 0.136 e. The molecule has 0 atom stereocenters. The van der Waals surface area contributed by atoms with E-state index in [0.717, 1.165) is 66.4 Å². The van der Waals surface area contributed by atoms with Crippen LogP contribution in [0.4, 0.5) is 0 Å². The van der Waals surface area contributed by atoms with E-state index < -0.39 is 0 Å². The summed E-state index contributed by atoms with van der Waals surface area (Å²) in [5, 5.41) is 17.0. The summed E-state index contributed by atoms with van der Waals surface area (Å²) in [6.07, 6.45) is 0. The quantitative estimate of drug-likeness (QED) is 0.305. The van der Waals surface area contributed by atoms with E-state index in [1.54, 1.807) is 0 Å². The molecule has 0 spiro atoms. The highest BCUT2D eigenvalue weighted by Crippen LogP contribution is 2.38. The number of benzene rings is 4. The lowest BCUT2D eigenvalue weighted by Crippen LogP contribution is -1.95. The van der Waals surface area contributed by atoms with E-state index in [0.29, 0.717) is 0 Å². The summed E-state index contributed by atoms with van der Waals surface area (Å²) in [5.41, 5.74) is 6.78. The van der Waals surface area contributed by atoms with Crippen molar-refractivity contribution in [1.29, 1.82) is 0 Å². The second-order valence-corrected chi connectivity index (χ2v) is 7.76. The van der Waals surface area contributed by atoms with Crippen LogP contribution in [0.3, 0.4) is 0 Å². The van der Waals surface area contributed by atoms with Crippen LogP contribution in [0, 0.1) is 0 Å². The molecule has 0 aliphatic carbocycles. The standard InChI is InChI=1S/C27H15N3O2/c1-3-11-22-18(7-1)26-16(9-5-13-24(26)31-22)20-15-21(29-30-28-20)17-10-6-14-25-27(17)19-8-2-4-12-23(19)32-25/h1-15H. The Bertz CT molecular complexity index is 1670. The molecule has 5 heteroatoms. The zero-order valence-corrected chi connectivity index (χ0v) is 16.8. The number of para-hydroxylation sites is 2. The maximum absolute atomic E-state index is 6.05. The molecular weight excluding hydrogens is 398 g/mol. The van der Waals surface area contributed by atoms with Crippen LogP contribution in [-0.4, -0.2) is 15.4 Å². The molecule has 0 bridgehead atoms. The molecule has 3 aromatic heterocycles. The van der Waals surface area contributed by atoms with Crippen LogP contribution in [0.1, 0.15) is 0 Å². The molecule has 3 heterocycles. The summed E-state index contributed by atoms with van der Waals surface area (Å²) in [7, 11) is 0. The predicted molar refractivity (Wildman–Crippen MR) is 125 cm³/mol. The minimum Gasteiger partial charge on any atom is -0.456 e. The first-order valence-corrected chi connectivity index (χ1v) is 10.4. The summed E-state index contributed by atoms with van der Waals surface area (Å²) in [6, 6.07) is 30.1. The van der Waals surface area contributed by atoms with Gasteiger partial charge in [-0.3, -0.25) is 0 Å². The largest absolute Gasteiger partial charge is 0.456 e. The molecule has 0 amide bonds. The Morgan fingerprint density at radius 1 is 0.469 bits per heavy atom. The zero-order valence-electron chi connectivity index (χ0n) is 16.8. The van der Waals surface area contributed by atoms with Crippen molar-refractivity contribution in [3.63, 3.8) is 0 Å². The van der Waals surface area contributed by atoms with Gasteiger partial charge in [0.1, 0.15) is 22.3 Å². The van der Waals surface area contributed by atoms with E-state index in [1.165, 1.54) is 0 Å². The molecule has 7 aromatic rings. The second kappa shape index (κ2) is 6.49. The van der Waals surface area contributed by atoms with E-state index in [2.05, 4.69) is 27.5 Å². The number of fused-ring (bicyclic) bond motifs is 6. The molecular formula is C27H15N3O2. The van der Waals surface area contributed by atoms with Gasteiger partial charge in [0.15, 0.2) is 0 Å². The Morgan fingerprint density at radius 2 is 0.938 bits per heavy atom. The van der Waals surface area contributed by atoms with Crippen molar-refractivity contribution in [1.82, 2.24) is 15.4 Å². The van der Waals surface area contributed by atoms with Gasteiger partial charge in [-0.2, -0.15) is 0 Å². The fraction of sp³-hybridized carbons (Fsp3) is 0. The van der Waals surface area contributed by atoms with Gasteiger partial charge in [-0.1, -0.05) is 60.7 Å². The third-order valence-corrected chi connectivity index (χ3v) is 5.94. The van der Waals surface area contributed by atoms with E-state index in [-0.39, 0.29) is 0 Å². The van der Waals surface area contributed by atoms with Crippen molar-refractivity contribution in [3.05, 3.63) is 91.0 Å². The summed E-state index contributed by atoms with van der Waals surface area (Å²) in [6.45, 7) is 0. The van der Waals surface area contributed by atoms with Crippen molar-refractivity contribution in [3.8, 4) is 22.5 Å². The van der Waals surface area contributed by atoms with Crippen molar-refractivity contribution in [2.75, 3.05) is 0 Å². The average molecular weight is 413 g/mol. The van der Waals surface area contributed by atoms with Gasteiger partial charge in [-0.05, 0) is 35.5 Å². The minimum atomic E-state index is 0.747. The van der Waals surface area contributed by atoms with Crippen molar-refractivity contribution >= 4 is 43.9 Å². The molecule has 4 aromatic carbocycles. The SMILES string of the molecule is c1ccc2c(c1)oc1cccc(-c3cc(-c4cccc5oc6ccccc6c45)nnn3)c12. The molecule has 0 unspecified atom stereocenters. The molecule has 0 saturated carbocycles. The number of hydrogen-bond donors (Lipinski definition) is 0. The molecule has 7 rings (SSSR count). The van der Waals surface area contributed by atoms with E-state index >= 15 is 0 Å². The van der Waals surface area contributed by atoms with Gasteiger partial charge in [-0.15, -0.1) is 10.2 Å². The van der Waals surface area contributed by atoms with Crippen LogP contribution in [0.15, 0.2) is 99.8 Å². The van der Waals surface area contributed by atoms with Gasteiger partial charge in [0.25, 0.3) is 0 Å². The predicted octanol–water partition coefficient (Wildman–Crippen LogP) is 7.00. The molecule has 0 radical (unpaired) electrons. The average Bonchev–Trinajstić information content (AvgIpc) is 3.42. The Hall–Kier alpha value is -4.51. The normalized spacial score (nSPS) is 11.8. The lowest BCUT2D eigenvalue weighted by Gasteiger charge is -2.06. The first kappa shape index (κ1) is 17.2. The zero-order chi connectivity index (χ0) is 21.1. The first-order chi connectivity index (χ1) is 15.9. The summed E-state index contributed by atoms with van der Waals surface area (Å²) >= 11 is 0. The van der Waals surface area contributed by atoms with E-state index in [4.69, 9.17) is 8.83 Å². The Kier molecular flexibility index (Phi) is 3.49. The van der Waals surface area contributed by atoms with Gasteiger partial charge in [-0.25, -0.2) is 0 Å². The second-order valence-electron chi connectivity index (χ2n) is 7.76. The number of hydrogen-bond acceptors (Lipinski definition) is 5. The molecule has 0 saturated heterocycles. The number of furan rings is 2. The monoisotopic (exact) mass is 413 g/mol. The van der Waals surface area contributed by atoms with Crippen LogP contribution in [0.2, 0.25) is 0 Å². The molecule has 32 heavy (non-hydrogen) atoms. The lowest BCUT2D eigenvalue weighted by atomic mass is 10.0. The number of rotatable bonds is 2. The fourth-order valence-corrected chi connectivity index (χ4v) is 4.55. The van der Waals surface area contributed by atoms with Gasteiger partial charge in [0, 0.05) is 32.7 Å². The van der Waals surface area contributed by atoms with Crippen LogP contribution in [0.5, 0.6) is 0 Å². The molecule has 5 nitrogen and oxygen atoms in total. The third kappa shape index (κ3) is 2.42. The molecule has 0 N–H and O–H groups in total. The molecule has 150 valence electrons. The number of nitrogens with zero attached hydrogens (tertiary/aromatic N) is 3. The van der Waals surface area contributed by atoms with Gasteiger partial charge in [0.2, 0.25) is 0 Å². The third-order valence-electron chi connectivity index (χ3n) is 5.94. The van der Waals surface area contributed by atoms with Gasteiger partial charge < -0.3 is 8.83 Å². The topological polar surface area (TPSA) is 65.0 Å². The van der Waals surface area contributed by atoms with Crippen molar-refractivity contribution in [2.45, 2.75) is 0 Å². The highest BCUT2D eigenvalue weighted by atomic mass is 16.3. The molecule has 0 aliphatic heterocycles. The highest BCUT2D eigenvalue weighted by molar-refractivity contribution is 6.13. The minimum absolute atomic E-state index is 0.747. The Labute approximate surface area is 181 Å². The summed E-state index contributed by atoms with van der Waals surface area (Å²) in [4.78, 5) is 0. The number of aromatic nitrogens is 3. The van der Waals surface area contributed by atoms with E-state index in [1.807, 2.05) is 78.9 Å². The maximum atomic E-state index is 6.05. The summed E-state index contributed by atoms with van der Waals surface area (Å²) in [5.74, 6) is 0. The van der Waals surface area contributed by atoms with Crippen LogP contribution in [-0.2, 0) is 0 Å². The van der Waals surface area contributed by atoms with Gasteiger partial charge >= 0.3 is 0 Å². The smallest absolute Gasteiger partial charge is 0.136 e. The van der Waals surface area contributed by atoms with Crippen molar-refractivity contribution < 1.29 is 8.83 Å². The van der Waals surface area contributed by atoms with E-state index in [9.17, 15) is 0 Å².